The Morgan fingerprint density at radius 1 is 0.885 bits per heavy atom. The third-order valence-corrected chi connectivity index (χ3v) is 8.75. The van der Waals surface area contributed by atoms with Crippen LogP contribution in [0.2, 0.25) is 0 Å². The van der Waals surface area contributed by atoms with Crippen molar-refractivity contribution in [2.24, 2.45) is 29.1 Å². The second-order valence-electron chi connectivity index (χ2n) is 10.1. The van der Waals surface area contributed by atoms with Gasteiger partial charge in [-0.3, -0.25) is 4.79 Å². The first kappa shape index (κ1) is 18.7. The third kappa shape index (κ3) is 3.43. The summed E-state index contributed by atoms with van der Waals surface area (Å²) in [6.07, 6.45) is 19.9. The van der Waals surface area contributed by atoms with Crippen LogP contribution in [-0.4, -0.2) is 17.0 Å². The van der Waals surface area contributed by atoms with Crippen molar-refractivity contribution >= 4 is 5.78 Å². The predicted octanol–water partition coefficient (Wildman–Crippen LogP) is 5.83. The molecule has 0 radical (unpaired) electrons. The van der Waals surface area contributed by atoms with Crippen LogP contribution in [-0.2, 0) is 4.79 Å². The maximum Gasteiger partial charge on any atom is 0.155 e. The van der Waals surface area contributed by atoms with E-state index in [1.54, 1.807) is 0 Å². The smallest absolute Gasteiger partial charge is 0.155 e. The minimum absolute atomic E-state index is 0.0710. The largest absolute Gasteiger partial charge is 0.393 e. The highest BCUT2D eigenvalue weighted by Crippen LogP contribution is 2.61. The van der Waals surface area contributed by atoms with E-state index in [1.165, 1.54) is 69.8 Å². The number of allylic oxidation sites excluding steroid dienone is 1. The van der Waals surface area contributed by atoms with E-state index in [4.69, 9.17) is 0 Å². The second-order valence-corrected chi connectivity index (χ2v) is 10.1. The highest BCUT2D eigenvalue weighted by Gasteiger charge is 2.55. The summed E-state index contributed by atoms with van der Waals surface area (Å²) in [4.78, 5) is 11.6. The van der Waals surface area contributed by atoms with Crippen molar-refractivity contribution in [2.45, 2.75) is 103 Å². The number of hydrogen-bond acceptors (Lipinski definition) is 2. The Balaban J connectivity index is 0.000000240. The molecule has 26 heavy (non-hydrogen) atoms. The van der Waals surface area contributed by atoms with E-state index in [0.29, 0.717) is 11.7 Å². The van der Waals surface area contributed by atoms with Crippen molar-refractivity contribution in [3.05, 3.63) is 11.6 Å². The summed E-state index contributed by atoms with van der Waals surface area (Å²) in [6.45, 7) is 2.33. The lowest BCUT2D eigenvalue weighted by atomic mass is 9.52. The lowest BCUT2D eigenvalue weighted by molar-refractivity contribution is -0.116. The zero-order valence-electron chi connectivity index (χ0n) is 16.7. The summed E-state index contributed by atoms with van der Waals surface area (Å²) in [5.41, 5.74) is 1.65. The normalized spacial score (nSPS) is 44.8. The van der Waals surface area contributed by atoms with E-state index in [-0.39, 0.29) is 11.5 Å². The molecule has 146 valence electrons. The fourth-order valence-corrected chi connectivity index (χ4v) is 7.21. The molecule has 0 spiro atoms. The summed E-state index contributed by atoms with van der Waals surface area (Å²) in [6, 6.07) is 0. The van der Waals surface area contributed by atoms with E-state index in [1.807, 2.05) is 6.08 Å². The van der Waals surface area contributed by atoms with Crippen LogP contribution in [0.1, 0.15) is 96.8 Å². The summed E-state index contributed by atoms with van der Waals surface area (Å²) in [7, 11) is 0. The Morgan fingerprint density at radius 3 is 2.27 bits per heavy atom. The fraction of sp³-hybridized carbons (Fsp3) is 0.875. The zero-order chi connectivity index (χ0) is 18.1. The predicted molar refractivity (Wildman–Crippen MR) is 106 cm³/mol. The van der Waals surface area contributed by atoms with Gasteiger partial charge in [0.1, 0.15) is 0 Å². The Labute approximate surface area is 159 Å². The van der Waals surface area contributed by atoms with Gasteiger partial charge >= 0.3 is 0 Å². The molecule has 0 aromatic rings. The summed E-state index contributed by atoms with van der Waals surface area (Å²) in [5.74, 6) is 3.38. The van der Waals surface area contributed by atoms with Gasteiger partial charge in [-0.25, -0.2) is 0 Å². The Kier molecular flexibility index (Phi) is 5.60. The van der Waals surface area contributed by atoms with Gasteiger partial charge in [-0.05, 0) is 80.1 Å². The molecule has 0 unspecified atom stereocenters. The molecule has 5 aliphatic rings. The van der Waals surface area contributed by atoms with E-state index in [0.717, 1.165) is 43.4 Å². The van der Waals surface area contributed by atoms with Crippen LogP contribution in [0.3, 0.4) is 0 Å². The number of carbonyl (C=O) groups excluding carboxylic acids is 1. The molecule has 5 rings (SSSR count). The number of carbonyl (C=O) groups is 1. The Bertz CT molecular complexity index is 535. The van der Waals surface area contributed by atoms with E-state index >= 15 is 0 Å². The van der Waals surface area contributed by atoms with Crippen LogP contribution in [0.5, 0.6) is 0 Å². The molecular weight excluding hydrogens is 320 g/mol. The molecule has 0 heterocycles. The molecule has 0 bridgehead atoms. The standard InChI is InChI=1S/C18H26O2.C6H12/c1-18-9-8-14-13-5-3-12(19)10-11(13)2-4-15(14)16(18)6-7-17(18)20;1-2-4-6-5-3-1/h10,13-17,20H,2-9H2,1H3;1-6H2/t13-,14+,15+,16-,17-,18-;/m0./s1. The van der Waals surface area contributed by atoms with Gasteiger partial charge < -0.3 is 5.11 Å². The molecule has 6 atom stereocenters. The average molecular weight is 359 g/mol. The van der Waals surface area contributed by atoms with Crippen LogP contribution in [0.4, 0.5) is 0 Å². The molecule has 4 fully saturated rings. The van der Waals surface area contributed by atoms with Gasteiger partial charge in [-0.1, -0.05) is 51.0 Å². The van der Waals surface area contributed by atoms with Crippen LogP contribution >= 0.6 is 0 Å². The van der Waals surface area contributed by atoms with Crippen molar-refractivity contribution in [1.82, 2.24) is 0 Å². The number of fused-ring (bicyclic) bond motifs is 5. The highest BCUT2D eigenvalue weighted by molar-refractivity contribution is 5.91. The first-order valence-corrected chi connectivity index (χ1v) is 11.5. The first-order valence-electron chi connectivity index (χ1n) is 11.5. The molecular formula is C24H38O2. The number of hydrogen-bond donors (Lipinski definition) is 1. The minimum atomic E-state index is -0.0710. The molecule has 1 N–H and O–H groups in total. The zero-order valence-corrected chi connectivity index (χ0v) is 16.7. The maximum atomic E-state index is 11.6. The van der Waals surface area contributed by atoms with Crippen molar-refractivity contribution < 1.29 is 9.90 Å². The molecule has 0 aromatic carbocycles. The average Bonchev–Trinajstić information content (AvgIpc) is 2.98. The number of rotatable bonds is 0. The lowest BCUT2D eigenvalue weighted by Gasteiger charge is -2.53. The number of aliphatic hydroxyl groups is 1. The Hall–Kier alpha value is -0.630. The van der Waals surface area contributed by atoms with Gasteiger partial charge in [-0.15, -0.1) is 0 Å². The van der Waals surface area contributed by atoms with Crippen LogP contribution in [0.25, 0.3) is 0 Å². The van der Waals surface area contributed by atoms with Gasteiger partial charge in [0.2, 0.25) is 0 Å². The maximum absolute atomic E-state index is 11.6. The minimum Gasteiger partial charge on any atom is -0.393 e. The fourth-order valence-electron chi connectivity index (χ4n) is 7.21. The molecule has 2 nitrogen and oxygen atoms in total. The third-order valence-electron chi connectivity index (χ3n) is 8.75. The molecule has 0 aromatic heterocycles. The SMILES string of the molecule is C1CCCCC1.C[C@]12CC[C@H]3[C@@H](CCC4=CC(=O)CC[C@@H]43)[C@@H]1CC[C@@H]2O. The molecule has 5 aliphatic carbocycles. The quantitative estimate of drug-likeness (QED) is 0.591. The summed E-state index contributed by atoms with van der Waals surface area (Å²) < 4.78 is 0. The molecule has 0 amide bonds. The summed E-state index contributed by atoms with van der Waals surface area (Å²) in [5, 5.41) is 10.4. The number of ketones is 1. The van der Waals surface area contributed by atoms with Gasteiger partial charge in [0.15, 0.2) is 5.78 Å². The van der Waals surface area contributed by atoms with Crippen LogP contribution in [0, 0.1) is 29.1 Å². The highest BCUT2D eigenvalue weighted by atomic mass is 16.3. The van der Waals surface area contributed by atoms with E-state index in [9.17, 15) is 9.90 Å². The van der Waals surface area contributed by atoms with Crippen molar-refractivity contribution in [1.29, 1.82) is 0 Å². The first-order chi connectivity index (χ1) is 12.6. The van der Waals surface area contributed by atoms with E-state index < -0.39 is 0 Å². The molecule has 0 aliphatic heterocycles. The topological polar surface area (TPSA) is 37.3 Å². The van der Waals surface area contributed by atoms with E-state index in [2.05, 4.69) is 6.92 Å². The van der Waals surface area contributed by atoms with Crippen molar-refractivity contribution in [2.75, 3.05) is 0 Å². The molecule has 0 saturated heterocycles. The van der Waals surface area contributed by atoms with Crippen molar-refractivity contribution in [3.8, 4) is 0 Å². The van der Waals surface area contributed by atoms with Gasteiger partial charge in [0.25, 0.3) is 0 Å². The van der Waals surface area contributed by atoms with Gasteiger partial charge in [0.05, 0.1) is 6.10 Å². The monoisotopic (exact) mass is 358 g/mol. The second kappa shape index (κ2) is 7.78. The molecule has 4 saturated carbocycles. The molecule has 2 heteroatoms. The lowest BCUT2D eigenvalue weighted by Crippen LogP contribution is -2.47. The number of aliphatic hydroxyl groups excluding tert-OH is 1. The van der Waals surface area contributed by atoms with Crippen LogP contribution in [0.15, 0.2) is 11.6 Å². The van der Waals surface area contributed by atoms with Gasteiger partial charge in [0, 0.05) is 6.42 Å². The van der Waals surface area contributed by atoms with Gasteiger partial charge in [-0.2, -0.15) is 0 Å². The van der Waals surface area contributed by atoms with Crippen LogP contribution < -0.4 is 0 Å². The summed E-state index contributed by atoms with van der Waals surface area (Å²) >= 11 is 0. The Morgan fingerprint density at radius 2 is 1.58 bits per heavy atom. The van der Waals surface area contributed by atoms with Crippen molar-refractivity contribution in [3.63, 3.8) is 0 Å².